The van der Waals surface area contributed by atoms with Crippen LogP contribution in [0.25, 0.3) is 0 Å². The molecular weight excluding hydrogens is 298 g/mol. The Kier molecular flexibility index (Phi) is 6.15. The maximum absolute atomic E-state index is 11.0. The fourth-order valence-corrected chi connectivity index (χ4v) is 1.97. The number of ether oxygens (including phenoxy) is 2. The largest absolute Gasteiger partial charge is 0.481 e. The van der Waals surface area contributed by atoms with Gasteiger partial charge in [0, 0.05) is 6.04 Å². The van der Waals surface area contributed by atoms with Gasteiger partial charge in [0.1, 0.15) is 5.75 Å². The van der Waals surface area contributed by atoms with Crippen molar-refractivity contribution < 1.29 is 14.3 Å². The first-order valence-corrected chi connectivity index (χ1v) is 6.59. The number of esters is 1. The molecule has 0 saturated heterocycles. The predicted molar refractivity (Wildman–Crippen MR) is 73.6 cm³/mol. The van der Waals surface area contributed by atoms with Crippen LogP contribution in [-0.2, 0) is 16.0 Å². The third-order valence-electron chi connectivity index (χ3n) is 2.59. The number of carbonyl (C=O) groups is 1. The van der Waals surface area contributed by atoms with E-state index in [1.165, 1.54) is 7.11 Å². The summed E-state index contributed by atoms with van der Waals surface area (Å²) >= 11 is 3.41. The monoisotopic (exact) mass is 315 g/mol. The van der Waals surface area contributed by atoms with Gasteiger partial charge in [-0.05, 0) is 46.5 Å². The molecule has 1 atom stereocenters. The lowest BCUT2D eigenvalue weighted by atomic mass is 10.0. The molecule has 0 spiro atoms. The Bertz CT molecular complexity index is 409. The molecule has 1 unspecified atom stereocenters. The van der Waals surface area contributed by atoms with Crippen molar-refractivity contribution in [1.82, 2.24) is 0 Å². The number of methoxy groups -OCH3 is 1. The van der Waals surface area contributed by atoms with Gasteiger partial charge in [-0.25, -0.2) is 4.79 Å². The molecule has 0 aromatic heterocycles. The third-order valence-corrected chi connectivity index (χ3v) is 3.21. The molecule has 4 nitrogen and oxygen atoms in total. The number of carbonyl (C=O) groups excluding carboxylic acids is 1. The summed E-state index contributed by atoms with van der Waals surface area (Å²) in [6.07, 6.45) is 1.77. The van der Waals surface area contributed by atoms with Gasteiger partial charge in [0.25, 0.3) is 0 Å². The highest BCUT2D eigenvalue weighted by atomic mass is 79.9. The van der Waals surface area contributed by atoms with Crippen molar-refractivity contribution in [3.8, 4) is 5.75 Å². The zero-order valence-electron chi connectivity index (χ0n) is 10.6. The van der Waals surface area contributed by atoms with Crippen molar-refractivity contribution in [2.45, 2.75) is 25.8 Å². The van der Waals surface area contributed by atoms with Crippen LogP contribution in [0.4, 0.5) is 0 Å². The highest BCUT2D eigenvalue weighted by molar-refractivity contribution is 9.10. The van der Waals surface area contributed by atoms with Gasteiger partial charge in [-0.15, -0.1) is 0 Å². The van der Waals surface area contributed by atoms with E-state index >= 15 is 0 Å². The van der Waals surface area contributed by atoms with Crippen LogP contribution >= 0.6 is 15.9 Å². The van der Waals surface area contributed by atoms with Crippen LogP contribution in [0.1, 0.15) is 18.9 Å². The number of rotatable bonds is 6. The second-order valence-corrected chi connectivity index (χ2v) is 4.86. The zero-order valence-corrected chi connectivity index (χ0v) is 12.2. The van der Waals surface area contributed by atoms with E-state index in [9.17, 15) is 4.79 Å². The second-order valence-electron chi connectivity index (χ2n) is 4.00. The highest BCUT2D eigenvalue weighted by Gasteiger charge is 2.08. The van der Waals surface area contributed by atoms with Crippen LogP contribution in [0.3, 0.4) is 0 Å². The van der Waals surface area contributed by atoms with E-state index < -0.39 is 5.97 Å². The van der Waals surface area contributed by atoms with E-state index in [4.69, 9.17) is 10.5 Å². The molecule has 0 radical (unpaired) electrons. The molecule has 0 aliphatic rings. The molecule has 0 amide bonds. The number of benzene rings is 1. The van der Waals surface area contributed by atoms with Crippen LogP contribution < -0.4 is 10.5 Å². The maximum Gasteiger partial charge on any atom is 0.343 e. The Morgan fingerprint density at radius 2 is 2.22 bits per heavy atom. The smallest absolute Gasteiger partial charge is 0.343 e. The normalized spacial score (nSPS) is 12.0. The Morgan fingerprint density at radius 1 is 1.50 bits per heavy atom. The van der Waals surface area contributed by atoms with E-state index in [1.54, 1.807) is 0 Å². The summed E-state index contributed by atoms with van der Waals surface area (Å²) in [6.45, 7) is 1.97. The third kappa shape index (κ3) is 4.66. The molecule has 1 aromatic carbocycles. The van der Waals surface area contributed by atoms with Gasteiger partial charge < -0.3 is 15.2 Å². The summed E-state index contributed by atoms with van der Waals surface area (Å²) in [5.41, 5.74) is 7.04. The summed E-state index contributed by atoms with van der Waals surface area (Å²) < 4.78 is 10.6. The van der Waals surface area contributed by atoms with Crippen LogP contribution in [0, 0.1) is 0 Å². The highest BCUT2D eigenvalue weighted by Crippen LogP contribution is 2.26. The van der Waals surface area contributed by atoms with Crippen LogP contribution in [0.15, 0.2) is 22.7 Å². The van der Waals surface area contributed by atoms with Crippen LogP contribution in [-0.4, -0.2) is 25.7 Å². The van der Waals surface area contributed by atoms with Crippen LogP contribution in [0.5, 0.6) is 5.75 Å². The lowest BCUT2D eigenvalue weighted by Gasteiger charge is -2.11. The van der Waals surface area contributed by atoms with Gasteiger partial charge >= 0.3 is 5.97 Å². The van der Waals surface area contributed by atoms with Gasteiger partial charge in [-0.2, -0.15) is 0 Å². The van der Waals surface area contributed by atoms with Crippen molar-refractivity contribution in [2.24, 2.45) is 5.73 Å². The van der Waals surface area contributed by atoms with Crippen molar-refractivity contribution in [3.05, 3.63) is 28.2 Å². The fourth-order valence-electron chi connectivity index (χ4n) is 1.43. The number of nitrogens with two attached hydrogens (primary N) is 1. The summed E-state index contributed by atoms with van der Waals surface area (Å²) in [5, 5.41) is 0. The first kappa shape index (κ1) is 15.0. The maximum atomic E-state index is 11.0. The van der Waals surface area contributed by atoms with E-state index in [0.717, 1.165) is 22.9 Å². The van der Waals surface area contributed by atoms with Gasteiger partial charge in [0.15, 0.2) is 6.61 Å². The van der Waals surface area contributed by atoms with E-state index in [0.29, 0.717) is 5.75 Å². The summed E-state index contributed by atoms with van der Waals surface area (Å²) in [7, 11) is 1.33. The molecular formula is C13H18BrNO3. The molecule has 0 fully saturated rings. The Hall–Kier alpha value is -1.07. The van der Waals surface area contributed by atoms with Crippen molar-refractivity contribution >= 4 is 21.9 Å². The molecule has 0 saturated carbocycles. The van der Waals surface area contributed by atoms with Gasteiger partial charge in [0.2, 0.25) is 0 Å². The fraction of sp³-hybridized carbons (Fsp3) is 0.462. The van der Waals surface area contributed by atoms with Gasteiger partial charge in [-0.3, -0.25) is 0 Å². The Balaban J connectivity index is 2.64. The van der Waals surface area contributed by atoms with Gasteiger partial charge in [-0.1, -0.05) is 13.0 Å². The van der Waals surface area contributed by atoms with Gasteiger partial charge in [0.05, 0.1) is 11.6 Å². The molecule has 0 bridgehead atoms. The summed E-state index contributed by atoms with van der Waals surface area (Å²) in [4.78, 5) is 11.0. The SMILES string of the molecule is CCC(N)Cc1ccc(OCC(=O)OC)c(Br)c1. The summed E-state index contributed by atoms with van der Waals surface area (Å²) in [5.74, 6) is 0.216. The standard InChI is InChI=1S/C13H18BrNO3/c1-3-10(15)6-9-4-5-12(11(14)7-9)18-8-13(16)17-2/h4-5,7,10H,3,6,8,15H2,1-2H3. The first-order chi connectivity index (χ1) is 8.56. The zero-order chi connectivity index (χ0) is 13.5. The Labute approximate surface area is 116 Å². The molecule has 1 aromatic rings. The lowest BCUT2D eigenvalue weighted by molar-refractivity contribution is -0.142. The minimum atomic E-state index is -0.404. The molecule has 2 N–H and O–H groups in total. The van der Waals surface area contributed by atoms with Crippen molar-refractivity contribution in [3.63, 3.8) is 0 Å². The molecule has 100 valence electrons. The average Bonchev–Trinajstić information content (AvgIpc) is 2.37. The number of hydrogen-bond donors (Lipinski definition) is 1. The minimum Gasteiger partial charge on any atom is -0.481 e. The van der Waals surface area contributed by atoms with Crippen molar-refractivity contribution in [1.29, 1.82) is 0 Å². The quantitative estimate of drug-likeness (QED) is 0.818. The average molecular weight is 316 g/mol. The molecule has 0 aliphatic carbocycles. The number of halogens is 1. The molecule has 5 heteroatoms. The summed E-state index contributed by atoms with van der Waals surface area (Å²) in [6, 6.07) is 5.90. The van der Waals surface area contributed by atoms with Crippen LogP contribution in [0.2, 0.25) is 0 Å². The van der Waals surface area contributed by atoms with Crippen molar-refractivity contribution in [2.75, 3.05) is 13.7 Å². The lowest BCUT2D eigenvalue weighted by Crippen LogP contribution is -2.21. The molecule has 18 heavy (non-hydrogen) atoms. The first-order valence-electron chi connectivity index (χ1n) is 5.80. The molecule has 0 heterocycles. The predicted octanol–water partition coefficient (Wildman–Crippen LogP) is 2.28. The van der Waals surface area contributed by atoms with E-state index in [1.807, 2.05) is 18.2 Å². The second kappa shape index (κ2) is 7.38. The topological polar surface area (TPSA) is 61.5 Å². The molecule has 1 rings (SSSR count). The van der Waals surface area contributed by atoms with E-state index in [-0.39, 0.29) is 12.6 Å². The Morgan fingerprint density at radius 3 is 2.78 bits per heavy atom. The number of hydrogen-bond acceptors (Lipinski definition) is 4. The van der Waals surface area contributed by atoms with E-state index in [2.05, 4.69) is 27.6 Å². The molecule has 0 aliphatic heterocycles. The minimum absolute atomic E-state index is 0.0943.